The van der Waals surface area contributed by atoms with Crippen molar-refractivity contribution in [1.29, 1.82) is 0 Å². The SMILES string of the molecule is Cn1ncc2c(Oc3cccc4c3CCCC(=O)N4)ncnc21. The molecule has 3 aromatic rings. The molecule has 0 bridgehead atoms. The molecule has 3 heterocycles. The molecule has 0 fully saturated rings. The Morgan fingerprint density at radius 1 is 1.26 bits per heavy atom. The largest absolute Gasteiger partial charge is 0.438 e. The van der Waals surface area contributed by atoms with Crippen molar-refractivity contribution in [3.05, 3.63) is 36.3 Å². The van der Waals surface area contributed by atoms with Gasteiger partial charge in [0.15, 0.2) is 5.65 Å². The summed E-state index contributed by atoms with van der Waals surface area (Å²) >= 11 is 0. The van der Waals surface area contributed by atoms with Crippen LogP contribution in [0.2, 0.25) is 0 Å². The Balaban J connectivity index is 1.77. The van der Waals surface area contributed by atoms with Gasteiger partial charge in [-0.15, -0.1) is 0 Å². The minimum Gasteiger partial charge on any atom is -0.438 e. The Hall–Kier alpha value is -2.96. The summed E-state index contributed by atoms with van der Waals surface area (Å²) in [6.07, 6.45) is 5.25. The van der Waals surface area contributed by atoms with Crippen LogP contribution in [-0.4, -0.2) is 25.7 Å². The van der Waals surface area contributed by atoms with Gasteiger partial charge < -0.3 is 10.1 Å². The highest BCUT2D eigenvalue weighted by Gasteiger charge is 2.18. The van der Waals surface area contributed by atoms with Gasteiger partial charge in [0.25, 0.3) is 0 Å². The van der Waals surface area contributed by atoms with E-state index in [1.807, 2.05) is 25.2 Å². The van der Waals surface area contributed by atoms with E-state index < -0.39 is 0 Å². The molecule has 7 heteroatoms. The van der Waals surface area contributed by atoms with E-state index in [-0.39, 0.29) is 5.91 Å². The van der Waals surface area contributed by atoms with Gasteiger partial charge in [-0.25, -0.2) is 9.97 Å². The van der Waals surface area contributed by atoms with Crippen molar-refractivity contribution in [3.63, 3.8) is 0 Å². The molecule has 0 radical (unpaired) electrons. The molecule has 0 atom stereocenters. The van der Waals surface area contributed by atoms with Crippen molar-refractivity contribution < 1.29 is 9.53 Å². The van der Waals surface area contributed by atoms with Crippen molar-refractivity contribution >= 4 is 22.6 Å². The smallest absolute Gasteiger partial charge is 0.233 e. The molecular formula is C16H15N5O2. The first-order valence-electron chi connectivity index (χ1n) is 7.44. The molecule has 1 aliphatic heterocycles. The van der Waals surface area contributed by atoms with Crippen LogP contribution in [0.5, 0.6) is 11.6 Å². The van der Waals surface area contributed by atoms with Crippen molar-refractivity contribution in [3.8, 4) is 11.6 Å². The van der Waals surface area contributed by atoms with Gasteiger partial charge in [0.2, 0.25) is 11.8 Å². The van der Waals surface area contributed by atoms with Gasteiger partial charge in [0, 0.05) is 24.7 Å². The first-order chi connectivity index (χ1) is 11.2. The number of fused-ring (bicyclic) bond motifs is 2. The van der Waals surface area contributed by atoms with E-state index in [4.69, 9.17) is 4.74 Å². The third kappa shape index (κ3) is 2.40. The topological polar surface area (TPSA) is 81.9 Å². The van der Waals surface area contributed by atoms with Crippen molar-refractivity contribution in [1.82, 2.24) is 19.7 Å². The molecule has 0 saturated heterocycles. The number of amides is 1. The lowest BCUT2D eigenvalue weighted by molar-refractivity contribution is -0.116. The van der Waals surface area contributed by atoms with Crippen LogP contribution in [0.25, 0.3) is 11.0 Å². The zero-order chi connectivity index (χ0) is 15.8. The molecule has 1 amide bonds. The fourth-order valence-corrected chi connectivity index (χ4v) is 2.80. The number of ether oxygens (including phenoxy) is 1. The lowest BCUT2D eigenvalue weighted by atomic mass is 10.1. The van der Waals surface area contributed by atoms with Crippen LogP contribution in [0.4, 0.5) is 5.69 Å². The van der Waals surface area contributed by atoms with Crippen LogP contribution in [0.1, 0.15) is 18.4 Å². The molecule has 4 rings (SSSR count). The highest BCUT2D eigenvalue weighted by atomic mass is 16.5. The van der Waals surface area contributed by atoms with Gasteiger partial charge >= 0.3 is 0 Å². The van der Waals surface area contributed by atoms with E-state index >= 15 is 0 Å². The number of benzene rings is 1. The van der Waals surface area contributed by atoms with Crippen molar-refractivity contribution in [2.45, 2.75) is 19.3 Å². The summed E-state index contributed by atoms with van der Waals surface area (Å²) in [5, 5.41) is 7.86. The van der Waals surface area contributed by atoms with Crippen molar-refractivity contribution in [2.75, 3.05) is 5.32 Å². The van der Waals surface area contributed by atoms with Gasteiger partial charge in [-0.05, 0) is 25.0 Å². The minimum absolute atomic E-state index is 0.0394. The van der Waals surface area contributed by atoms with Crippen LogP contribution in [0.15, 0.2) is 30.7 Å². The molecule has 1 aromatic carbocycles. The Kier molecular flexibility index (Phi) is 3.18. The summed E-state index contributed by atoms with van der Waals surface area (Å²) < 4.78 is 7.71. The second-order valence-electron chi connectivity index (χ2n) is 5.47. The maximum absolute atomic E-state index is 11.7. The van der Waals surface area contributed by atoms with Crippen LogP contribution in [-0.2, 0) is 18.3 Å². The zero-order valence-corrected chi connectivity index (χ0v) is 12.6. The van der Waals surface area contributed by atoms with Gasteiger partial charge in [-0.3, -0.25) is 9.48 Å². The summed E-state index contributed by atoms with van der Waals surface area (Å²) in [7, 11) is 1.82. The Morgan fingerprint density at radius 2 is 2.17 bits per heavy atom. The Morgan fingerprint density at radius 3 is 3.09 bits per heavy atom. The molecule has 0 aliphatic carbocycles. The molecule has 0 spiro atoms. The van der Waals surface area contributed by atoms with Crippen molar-refractivity contribution in [2.24, 2.45) is 7.05 Å². The van der Waals surface area contributed by atoms with Gasteiger partial charge in [-0.1, -0.05) is 6.07 Å². The lowest BCUT2D eigenvalue weighted by Gasteiger charge is -2.13. The van der Waals surface area contributed by atoms with Crippen LogP contribution < -0.4 is 10.1 Å². The maximum Gasteiger partial charge on any atom is 0.233 e. The molecule has 7 nitrogen and oxygen atoms in total. The molecule has 23 heavy (non-hydrogen) atoms. The number of rotatable bonds is 2. The number of carbonyl (C=O) groups excluding carboxylic acids is 1. The lowest BCUT2D eigenvalue weighted by Crippen LogP contribution is -2.09. The highest BCUT2D eigenvalue weighted by molar-refractivity contribution is 5.92. The number of aryl methyl sites for hydroxylation is 1. The van der Waals surface area contributed by atoms with Gasteiger partial charge in [0.05, 0.1) is 6.20 Å². The molecule has 2 aromatic heterocycles. The summed E-state index contributed by atoms with van der Waals surface area (Å²) in [5.74, 6) is 1.21. The fraction of sp³-hybridized carbons (Fsp3) is 0.250. The van der Waals surface area contributed by atoms with E-state index in [2.05, 4.69) is 20.4 Å². The van der Waals surface area contributed by atoms with Crippen LogP contribution in [0, 0.1) is 0 Å². The monoisotopic (exact) mass is 309 g/mol. The van der Waals surface area contributed by atoms with Gasteiger partial charge in [-0.2, -0.15) is 5.10 Å². The normalized spacial score (nSPS) is 14.2. The summed E-state index contributed by atoms with van der Waals surface area (Å²) in [5.41, 5.74) is 2.51. The Bertz CT molecular complexity index is 903. The average Bonchev–Trinajstić information content (AvgIpc) is 2.81. The third-order valence-electron chi connectivity index (χ3n) is 3.94. The predicted molar refractivity (Wildman–Crippen MR) is 84.4 cm³/mol. The quantitative estimate of drug-likeness (QED) is 0.786. The second kappa shape index (κ2) is 5.35. The number of nitrogens with one attached hydrogen (secondary N) is 1. The van der Waals surface area contributed by atoms with Crippen LogP contribution in [0.3, 0.4) is 0 Å². The zero-order valence-electron chi connectivity index (χ0n) is 12.6. The van der Waals surface area contributed by atoms with E-state index in [1.54, 1.807) is 10.9 Å². The first kappa shape index (κ1) is 13.7. The predicted octanol–water partition coefficient (Wildman–Crippen LogP) is 2.43. The number of anilines is 1. The van der Waals surface area contributed by atoms with E-state index in [0.717, 1.165) is 29.5 Å². The van der Waals surface area contributed by atoms with Gasteiger partial charge in [0.1, 0.15) is 17.5 Å². The summed E-state index contributed by atoms with van der Waals surface area (Å²) in [6, 6.07) is 5.65. The van der Waals surface area contributed by atoms with E-state index in [0.29, 0.717) is 23.7 Å². The molecule has 116 valence electrons. The number of hydrogen-bond donors (Lipinski definition) is 1. The maximum atomic E-state index is 11.7. The highest BCUT2D eigenvalue weighted by Crippen LogP contribution is 2.34. The molecular weight excluding hydrogens is 294 g/mol. The molecule has 0 unspecified atom stereocenters. The third-order valence-corrected chi connectivity index (χ3v) is 3.94. The number of hydrogen-bond acceptors (Lipinski definition) is 5. The molecule has 1 aliphatic rings. The summed E-state index contributed by atoms with van der Waals surface area (Å²) in [4.78, 5) is 20.1. The number of nitrogens with zero attached hydrogens (tertiary/aromatic N) is 4. The molecule has 1 N–H and O–H groups in total. The number of aromatic nitrogens is 4. The minimum atomic E-state index is 0.0394. The standard InChI is InChI=1S/C16H15N5O2/c1-21-15-11(8-19-21)16(18-9-17-15)23-13-6-3-5-12-10(13)4-2-7-14(22)20-12/h3,5-6,8-9H,2,4,7H2,1H3,(H,20,22). The van der Waals surface area contributed by atoms with Crippen LogP contribution >= 0.6 is 0 Å². The molecule has 0 saturated carbocycles. The second-order valence-corrected chi connectivity index (χ2v) is 5.47. The van der Waals surface area contributed by atoms with E-state index in [1.165, 1.54) is 6.33 Å². The first-order valence-corrected chi connectivity index (χ1v) is 7.44. The Labute approximate surface area is 132 Å². The average molecular weight is 309 g/mol. The number of carbonyl (C=O) groups is 1. The van der Waals surface area contributed by atoms with E-state index in [9.17, 15) is 4.79 Å². The fourth-order valence-electron chi connectivity index (χ4n) is 2.80. The summed E-state index contributed by atoms with van der Waals surface area (Å²) in [6.45, 7) is 0.